The molecule has 0 bridgehead atoms. The highest BCUT2D eigenvalue weighted by atomic mass is 16.5. The number of ether oxygens (including phenoxy) is 2. The molecule has 4 nitrogen and oxygen atoms in total. The fourth-order valence-corrected chi connectivity index (χ4v) is 2.73. The first-order chi connectivity index (χ1) is 9.65. The molecule has 0 fully saturated rings. The van der Waals surface area contributed by atoms with Crippen LogP contribution in [0.2, 0.25) is 0 Å². The van der Waals surface area contributed by atoms with E-state index in [0.717, 1.165) is 30.6 Å². The van der Waals surface area contributed by atoms with E-state index in [1.807, 2.05) is 12.1 Å². The molecule has 0 saturated carbocycles. The lowest BCUT2D eigenvalue weighted by Crippen LogP contribution is -2.16. The van der Waals surface area contributed by atoms with Gasteiger partial charge in [0.15, 0.2) is 0 Å². The lowest BCUT2D eigenvalue weighted by atomic mass is 9.85. The summed E-state index contributed by atoms with van der Waals surface area (Å²) in [6.45, 7) is 0. The van der Waals surface area contributed by atoms with Crippen molar-refractivity contribution >= 4 is 11.8 Å². The van der Waals surface area contributed by atoms with Gasteiger partial charge in [0.1, 0.15) is 11.5 Å². The molecule has 1 aliphatic rings. The molecular weight excluding hydrogens is 256 g/mol. The molecule has 20 heavy (non-hydrogen) atoms. The highest BCUT2D eigenvalue weighted by Gasteiger charge is 2.21. The quantitative estimate of drug-likeness (QED) is 0.774. The van der Waals surface area contributed by atoms with Gasteiger partial charge in [-0.1, -0.05) is 6.07 Å². The van der Waals surface area contributed by atoms with Gasteiger partial charge in [-0.3, -0.25) is 9.59 Å². The van der Waals surface area contributed by atoms with Crippen LogP contribution in [0, 0.1) is 0 Å². The molecule has 1 aromatic rings. The predicted molar refractivity (Wildman–Crippen MR) is 75.0 cm³/mol. The second-order valence-electron chi connectivity index (χ2n) is 5.03. The highest BCUT2D eigenvalue weighted by Crippen LogP contribution is 2.31. The number of fused-ring (bicyclic) bond motifs is 1. The number of carbonyl (C=O) groups is 2. The predicted octanol–water partition coefficient (Wildman–Crippen LogP) is 2.25. The zero-order chi connectivity index (χ0) is 14.5. The van der Waals surface area contributed by atoms with Gasteiger partial charge in [0, 0.05) is 24.8 Å². The van der Waals surface area contributed by atoms with Gasteiger partial charge in [-0.05, 0) is 36.5 Å². The van der Waals surface area contributed by atoms with Crippen molar-refractivity contribution in [2.75, 3.05) is 14.2 Å². The molecule has 2 rings (SSSR count). The van der Waals surface area contributed by atoms with Gasteiger partial charge in [0.05, 0.1) is 14.2 Å². The number of aryl methyl sites for hydroxylation is 1. The summed E-state index contributed by atoms with van der Waals surface area (Å²) in [5, 5.41) is 0. The Morgan fingerprint density at radius 1 is 1.20 bits per heavy atom. The lowest BCUT2D eigenvalue weighted by Gasteiger charge is -2.21. The van der Waals surface area contributed by atoms with Crippen LogP contribution in [-0.4, -0.2) is 26.0 Å². The molecule has 0 N–H and O–H groups in total. The molecule has 0 heterocycles. The Bertz CT molecular complexity index is 519. The number of methoxy groups -OCH3 is 2. The Kier molecular flexibility index (Phi) is 4.77. The number of Topliss-reactive ketones (excluding diaryl/α,β-unsaturated/α-hetero) is 1. The van der Waals surface area contributed by atoms with Crippen molar-refractivity contribution in [3.05, 3.63) is 28.8 Å². The molecule has 4 heteroatoms. The van der Waals surface area contributed by atoms with Gasteiger partial charge in [0.25, 0.3) is 0 Å². The van der Waals surface area contributed by atoms with Crippen LogP contribution in [0.4, 0.5) is 0 Å². The second-order valence-corrected chi connectivity index (χ2v) is 5.03. The molecule has 0 radical (unpaired) electrons. The van der Waals surface area contributed by atoms with E-state index in [9.17, 15) is 9.59 Å². The average molecular weight is 276 g/mol. The van der Waals surface area contributed by atoms with E-state index < -0.39 is 0 Å². The summed E-state index contributed by atoms with van der Waals surface area (Å²) in [6, 6.07) is 3.97. The van der Waals surface area contributed by atoms with Gasteiger partial charge in [0.2, 0.25) is 0 Å². The van der Waals surface area contributed by atoms with Gasteiger partial charge >= 0.3 is 5.97 Å². The van der Waals surface area contributed by atoms with Crippen molar-refractivity contribution in [3.63, 3.8) is 0 Å². The summed E-state index contributed by atoms with van der Waals surface area (Å²) in [7, 11) is 3.04. The molecule has 0 spiro atoms. The Morgan fingerprint density at radius 2 is 2.00 bits per heavy atom. The Labute approximate surface area is 119 Å². The minimum absolute atomic E-state index is 0.178. The summed E-state index contributed by atoms with van der Waals surface area (Å²) in [6.07, 6.45) is 3.86. The van der Waals surface area contributed by atoms with Gasteiger partial charge in [-0.25, -0.2) is 0 Å². The van der Waals surface area contributed by atoms with Crippen LogP contribution in [0.5, 0.6) is 5.75 Å². The average Bonchev–Trinajstić information content (AvgIpc) is 2.46. The van der Waals surface area contributed by atoms with E-state index in [-0.39, 0.29) is 11.8 Å². The summed E-state index contributed by atoms with van der Waals surface area (Å²) < 4.78 is 10.00. The van der Waals surface area contributed by atoms with Crippen molar-refractivity contribution < 1.29 is 19.1 Å². The summed E-state index contributed by atoms with van der Waals surface area (Å²) in [5.74, 6) is 0.884. The van der Waals surface area contributed by atoms with E-state index in [0.29, 0.717) is 19.3 Å². The number of ketones is 1. The fourth-order valence-electron chi connectivity index (χ4n) is 2.73. The van der Waals surface area contributed by atoms with E-state index in [4.69, 9.17) is 4.74 Å². The van der Waals surface area contributed by atoms with E-state index in [1.54, 1.807) is 7.11 Å². The summed E-state index contributed by atoms with van der Waals surface area (Å²) >= 11 is 0. The van der Waals surface area contributed by atoms with Crippen molar-refractivity contribution in [2.45, 2.75) is 38.5 Å². The van der Waals surface area contributed by atoms with Crippen molar-refractivity contribution in [1.82, 2.24) is 0 Å². The largest absolute Gasteiger partial charge is 0.496 e. The molecule has 1 aromatic carbocycles. The number of rotatable bonds is 5. The maximum atomic E-state index is 11.6. The molecule has 108 valence electrons. The molecule has 0 aromatic heterocycles. The number of esters is 1. The lowest BCUT2D eigenvalue weighted by molar-refractivity contribution is -0.140. The standard InChI is InChI=1S/C16H20O4/c1-19-15-9-6-11(4-3-5-16(18)20-2)13-8-7-12(17)10-14(13)15/h6,9H,3-5,7-8,10H2,1-2H3. The SMILES string of the molecule is COC(=O)CCCc1ccc(OC)c2c1CCC(=O)C2. The number of hydrogen-bond donors (Lipinski definition) is 0. The molecule has 1 aliphatic carbocycles. The third kappa shape index (κ3) is 3.18. The molecule has 0 saturated heterocycles. The first-order valence-electron chi connectivity index (χ1n) is 6.91. The molecule has 0 atom stereocenters. The van der Waals surface area contributed by atoms with Crippen LogP contribution in [-0.2, 0) is 33.6 Å². The van der Waals surface area contributed by atoms with Gasteiger partial charge in [-0.15, -0.1) is 0 Å². The van der Waals surface area contributed by atoms with Crippen molar-refractivity contribution in [1.29, 1.82) is 0 Å². The Morgan fingerprint density at radius 3 is 2.70 bits per heavy atom. The normalized spacial score (nSPS) is 13.8. The van der Waals surface area contributed by atoms with Gasteiger partial charge in [-0.2, -0.15) is 0 Å². The summed E-state index contributed by atoms with van der Waals surface area (Å²) in [4.78, 5) is 22.8. The second kappa shape index (κ2) is 6.55. The molecule has 0 unspecified atom stereocenters. The number of benzene rings is 1. The van der Waals surface area contributed by atoms with Crippen LogP contribution in [0.1, 0.15) is 36.0 Å². The smallest absolute Gasteiger partial charge is 0.305 e. The zero-order valence-electron chi connectivity index (χ0n) is 12.0. The zero-order valence-corrected chi connectivity index (χ0v) is 12.0. The van der Waals surface area contributed by atoms with E-state index in [1.165, 1.54) is 18.2 Å². The third-order valence-electron chi connectivity index (χ3n) is 3.79. The Balaban J connectivity index is 2.16. The van der Waals surface area contributed by atoms with Crippen LogP contribution < -0.4 is 4.74 Å². The van der Waals surface area contributed by atoms with Crippen LogP contribution >= 0.6 is 0 Å². The Hall–Kier alpha value is -1.84. The number of hydrogen-bond acceptors (Lipinski definition) is 4. The first kappa shape index (κ1) is 14.6. The molecular formula is C16H20O4. The molecule has 0 aliphatic heterocycles. The maximum Gasteiger partial charge on any atom is 0.305 e. The minimum Gasteiger partial charge on any atom is -0.496 e. The minimum atomic E-state index is -0.178. The topological polar surface area (TPSA) is 52.6 Å². The monoisotopic (exact) mass is 276 g/mol. The van der Waals surface area contributed by atoms with Crippen molar-refractivity contribution in [3.8, 4) is 5.75 Å². The van der Waals surface area contributed by atoms with Gasteiger partial charge < -0.3 is 9.47 Å². The fraction of sp³-hybridized carbons (Fsp3) is 0.500. The summed E-state index contributed by atoms with van der Waals surface area (Å²) in [5.41, 5.74) is 3.48. The first-order valence-corrected chi connectivity index (χ1v) is 6.91. The third-order valence-corrected chi connectivity index (χ3v) is 3.79. The van der Waals surface area contributed by atoms with E-state index >= 15 is 0 Å². The van der Waals surface area contributed by atoms with Crippen molar-refractivity contribution in [2.24, 2.45) is 0 Å². The highest BCUT2D eigenvalue weighted by molar-refractivity contribution is 5.84. The van der Waals surface area contributed by atoms with E-state index in [2.05, 4.69) is 4.74 Å². The maximum absolute atomic E-state index is 11.6. The van der Waals surface area contributed by atoms with Crippen LogP contribution in [0.3, 0.4) is 0 Å². The number of carbonyl (C=O) groups excluding carboxylic acids is 2. The molecule has 0 amide bonds. The van der Waals surface area contributed by atoms with Crippen LogP contribution in [0.15, 0.2) is 12.1 Å². The van der Waals surface area contributed by atoms with Crippen LogP contribution in [0.25, 0.3) is 0 Å².